The molecule has 2 aromatic rings. The van der Waals surface area contributed by atoms with Gasteiger partial charge in [-0.05, 0) is 36.8 Å². The first-order chi connectivity index (χ1) is 9.99. The molecule has 0 atom stereocenters. The Labute approximate surface area is 127 Å². The molecule has 21 heavy (non-hydrogen) atoms. The number of hydrogen-bond donors (Lipinski definition) is 2. The Kier molecular flexibility index (Phi) is 4.75. The molecule has 0 aliphatic rings. The van der Waals surface area contributed by atoms with Crippen LogP contribution in [0.25, 0.3) is 0 Å². The highest BCUT2D eigenvalue weighted by atomic mass is 35.5. The summed E-state index contributed by atoms with van der Waals surface area (Å²) >= 11 is 5.88. The van der Waals surface area contributed by atoms with Crippen LogP contribution >= 0.6 is 11.6 Å². The number of nitrogens with two attached hydrogens (primary N) is 1. The number of hydrogen-bond acceptors (Lipinski definition) is 3. The molecule has 0 aliphatic heterocycles. The minimum absolute atomic E-state index is 0.138. The van der Waals surface area contributed by atoms with Gasteiger partial charge >= 0.3 is 0 Å². The van der Waals surface area contributed by atoms with Crippen LogP contribution in [-0.2, 0) is 6.42 Å². The van der Waals surface area contributed by atoms with Gasteiger partial charge in [0.1, 0.15) is 11.6 Å². The van der Waals surface area contributed by atoms with Gasteiger partial charge < -0.3 is 11.1 Å². The largest absolute Gasteiger partial charge is 0.384 e. The van der Waals surface area contributed by atoms with Crippen LogP contribution in [-0.4, -0.2) is 10.9 Å². The number of aryl methyl sites for hydroxylation is 1. The van der Waals surface area contributed by atoms with Gasteiger partial charge in [-0.25, -0.2) is 9.37 Å². The maximum Gasteiger partial charge on any atom is 0.255 e. The van der Waals surface area contributed by atoms with Gasteiger partial charge in [-0.3, -0.25) is 4.79 Å². The van der Waals surface area contributed by atoms with Crippen molar-refractivity contribution in [2.45, 2.75) is 19.8 Å². The van der Waals surface area contributed by atoms with Crippen LogP contribution in [0.4, 0.5) is 15.9 Å². The summed E-state index contributed by atoms with van der Waals surface area (Å²) in [7, 11) is 0. The van der Waals surface area contributed by atoms with Crippen molar-refractivity contribution >= 4 is 29.0 Å². The number of nitrogens with zero attached hydrogens (tertiary/aromatic N) is 1. The molecule has 3 N–H and O–H groups in total. The van der Waals surface area contributed by atoms with Gasteiger partial charge in [0, 0.05) is 11.3 Å². The SMILES string of the molecule is CCCc1cc(C(=O)Nc2ccc(F)cc2Cl)cc(N)n1. The molecule has 2 rings (SSSR count). The van der Waals surface area contributed by atoms with E-state index in [0.29, 0.717) is 11.3 Å². The van der Waals surface area contributed by atoms with Crippen molar-refractivity contribution in [1.82, 2.24) is 4.98 Å². The lowest BCUT2D eigenvalue weighted by Gasteiger charge is -2.09. The summed E-state index contributed by atoms with van der Waals surface area (Å²) in [5.74, 6) is -0.539. The fourth-order valence-electron chi connectivity index (χ4n) is 1.91. The Morgan fingerprint density at radius 1 is 1.38 bits per heavy atom. The van der Waals surface area contributed by atoms with Gasteiger partial charge in [0.2, 0.25) is 0 Å². The third-order valence-corrected chi connectivity index (χ3v) is 3.16. The van der Waals surface area contributed by atoms with Crippen LogP contribution < -0.4 is 11.1 Å². The second-order valence-electron chi connectivity index (χ2n) is 4.60. The summed E-state index contributed by atoms with van der Waals surface area (Å²) < 4.78 is 13.0. The summed E-state index contributed by atoms with van der Waals surface area (Å²) in [6.07, 6.45) is 1.64. The van der Waals surface area contributed by atoms with Crippen LogP contribution in [0, 0.1) is 5.82 Å². The summed E-state index contributed by atoms with van der Waals surface area (Å²) in [5.41, 5.74) is 7.20. The van der Waals surface area contributed by atoms with Crippen LogP contribution in [0.3, 0.4) is 0 Å². The number of nitrogen functional groups attached to an aromatic ring is 1. The number of anilines is 2. The van der Waals surface area contributed by atoms with Crippen LogP contribution in [0.1, 0.15) is 29.4 Å². The van der Waals surface area contributed by atoms with Crippen LogP contribution in [0.5, 0.6) is 0 Å². The molecule has 0 aliphatic carbocycles. The standard InChI is InChI=1S/C15H15ClFN3O/c1-2-3-11-6-9(7-14(18)19-11)15(21)20-13-5-4-10(17)8-12(13)16/h4-8H,2-3H2,1H3,(H2,18,19)(H,20,21). The molecule has 0 bridgehead atoms. The van der Waals surface area contributed by atoms with Crippen molar-refractivity contribution < 1.29 is 9.18 Å². The van der Waals surface area contributed by atoms with Gasteiger partial charge in [-0.15, -0.1) is 0 Å². The Bertz CT molecular complexity index is 676. The van der Waals surface area contributed by atoms with E-state index in [9.17, 15) is 9.18 Å². The summed E-state index contributed by atoms with van der Waals surface area (Å²) in [4.78, 5) is 16.4. The fraction of sp³-hybridized carbons (Fsp3) is 0.200. The predicted octanol–water partition coefficient (Wildman–Crippen LogP) is 3.66. The molecule has 110 valence electrons. The number of carbonyl (C=O) groups is 1. The average Bonchev–Trinajstić information content (AvgIpc) is 2.41. The molecule has 0 radical (unpaired) electrons. The fourth-order valence-corrected chi connectivity index (χ4v) is 2.13. The number of amides is 1. The average molecular weight is 308 g/mol. The molecule has 1 heterocycles. The van der Waals surface area contributed by atoms with E-state index in [1.165, 1.54) is 18.2 Å². The lowest BCUT2D eigenvalue weighted by Crippen LogP contribution is -2.14. The topological polar surface area (TPSA) is 68.0 Å². The first-order valence-corrected chi connectivity index (χ1v) is 6.90. The Hall–Kier alpha value is -2.14. The van der Waals surface area contributed by atoms with Crippen LogP contribution in [0.2, 0.25) is 5.02 Å². The molecular formula is C15H15ClFN3O. The van der Waals surface area contributed by atoms with Gasteiger partial charge in [-0.2, -0.15) is 0 Å². The Morgan fingerprint density at radius 3 is 2.81 bits per heavy atom. The van der Waals surface area contributed by atoms with E-state index >= 15 is 0 Å². The third kappa shape index (κ3) is 3.92. The van der Waals surface area contributed by atoms with Gasteiger partial charge in [0.05, 0.1) is 10.7 Å². The van der Waals surface area contributed by atoms with Crippen molar-refractivity contribution in [3.8, 4) is 0 Å². The first kappa shape index (κ1) is 15.3. The highest BCUT2D eigenvalue weighted by Crippen LogP contribution is 2.23. The van der Waals surface area contributed by atoms with E-state index in [-0.39, 0.29) is 16.7 Å². The minimum atomic E-state index is -0.462. The molecular weight excluding hydrogens is 293 g/mol. The summed E-state index contributed by atoms with van der Waals surface area (Å²) in [5, 5.41) is 2.77. The summed E-state index contributed by atoms with van der Waals surface area (Å²) in [6, 6.07) is 6.96. The molecule has 0 unspecified atom stereocenters. The zero-order valence-corrected chi connectivity index (χ0v) is 12.2. The molecule has 0 spiro atoms. The second kappa shape index (κ2) is 6.54. The number of rotatable bonds is 4. The molecule has 1 aromatic heterocycles. The molecule has 1 aromatic carbocycles. The summed E-state index contributed by atoms with van der Waals surface area (Å²) in [6.45, 7) is 2.02. The lowest BCUT2D eigenvalue weighted by atomic mass is 10.1. The first-order valence-electron chi connectivity index (χ1n) is 6.52. The molecule has 1 amide bonds. The van der Waals surface area contributed by atoms with Crippen molar-refractivity contribution in [3.05, 3.63) is 52.4 Å². The van der Waals surface area contributed by atoms with E-state index in [4.69, 9.17) is 17.3 Å². The molecule has 0 fully saturated rings. The maximum atomic E-state index is 13.0. The van der Waals surface area contributed by atoms with E-state index < -0.39 is 5.82 Å². The van der Waals surface area contributed by atoms with Gasteiger partial charge in [0.15, 0.2) is 0 Å². The van der Waals surface area contributed by atoms with E-state index in [0.717, 1.165) is 24.6 Å². The van der Waals surface area contributed by atoms with Crippen molar-refractivity contribution in [2.24, 2.45) is 0 Å². The molecule has 0 saturated carbocycles. The van der Waals surface area contributed by atoms with Crippen LogP contribution in [0.15, 0.2) is 30.3 Å². The maximum absolute atomic E-state index is 13.0. The zero-order valence-electron chi connectivity index (χ0n) is 11.5. The number of halogens is 2. The number of benzene rings is 1. The Balaban J connectivity index is 2.23. The second-order valence-corrected chi connectivity index (χ2v) is 5.01. The molecule has 0 saturated heterocycles. The van der Waals surface area contributed by atoms with Crippen molar-refractivity contribution in [1.29, 1.82) is 0 Å². The number of carbonyl (C=O) groups excluding carboxylic acids is 1. The molecule has 6 heteroatoms. The smallest absolute Gasteiger partial charge is 0.255 e. The number of nitrogens with one attached hydrogen (secondary N) is 1. The predicted molar refractivity (Wildman–Crippen MR) is 82.0 cm³/mol. The van der Waals surface area contributed by atoms with Gasteiger partial charge in [0.25, 0.3) is 5.91 Å². The van der Waals surface area contributed by atoms with E-state index in [1.807, 2.05) is 6.92 Å². The van der Waals surface area contributed by atoms with E-state index in [2.05, 4.69) is 10.3 Å². The monoisotopic (exact) mass is 307 g/mol. The highest BCUT2D eigenvalue weighted by molar-refractivity contribution is 6.33. The van der Waals surface area contributed by atoms with Gasteiger partial charge in [-0.1, -0.05) is 24.9 Å². The minimum Gasteiger partial charge on any atom is -0.384 e. The lowest BCUT2D eigenvalue weighted by molar-refractivity contribution is 0.102. The number of pyridine rings is 1. The highest BCUT2D eigenvalue weighted by Gasteiger charge is 2.11. The number of aromatic nitrogens is 1. The van der Waals surface area contributed by atoms with Crippen molar-refractivity contribution in [3.63, 3.8) is 0 Å². The quantitative estimate of drug-likeness (QED) is 0.905. The third-order valence-electron chi connectivity index (χ3n) is 2.85. The van der Waals surface area contributed by atoms with Crippen molar-refractivity contribution in [2.75, 3.05) is 11.1 Å². The normalized spacial score (nSPS) is 10.4. The zero-order chi connectivity index (χ0) is 15.4. The Morgan fingerprint density at radius 2 is 2.14 bits per heavy atom. The molecule has 4 nitrogen and oxygen atoms in total. The van der Waals surface area contributed by atoms with E-state index in [1.54, 1.807) is 6.07 Å².